The van der Waals surface area contributed by atoms with Gasteiger partial charge < -0.3 is 15.4 Å². The van der Waals surface area contributed by atoms with Crippen LogP contribution in [0, 0.1) is 6.92 Å². The molecule has 0 aliphatic heterocycles. The Labute approximate surface area is 162 Å². The van der Waals surface area contributed by atoms with E-state index in [0.29, 0.717) is 15.4 Å². The molecular weight excluding hydrogens is 366 g/mol. The first kappa shape index (κ1) is 20.6. The van der Waals surface area contributed by atoms with Gasteiger partial charge in [-0.1, -0.05) is 6.92 Å². The van der Waals surface area contributed by atoms with Crippen molar-refractivity contribution in [2.24, 2.45) is 0 Å². The Hall–Kier alpha value is -2.74. The van der Waals surface area contributed by atoms with Crippen LogP contribution in [0.15, 0.2) is 24.5 Å². The van der Waals surface area contributed by atoms with Gasteiger partial charge in [-0.15, -0.1) is 11.3 Å². The molecule has 2 aromatic rings. The topological polar surface area (TPSA) is 88.4 Å². The molecule has 0 bridgehead atoms. The number of rotatable bonds is 7. The van der Waals surface area contributed by atoms with Gasteiger partial charge in [-0.3, -0.25) is 9.59 Å². The van der Waals surface area contributed by atoms with E-state index >= 15 is 0 Å². The van der Waals surface area contributed by atoms with Crippen molar-refractivity contribution in [3.8, 4) is 0 Å². The maximum Gasteiger partial charge on any atom is 0.341 e. The molecule has 144 valence electrons. The second kappa shape index (κ2) is 9.27. The minimum absolute atomic E-state index is 0.0957. The van der Waals surface area contributed by atoms with E-state index in [1.165, 1.54) is 12.6 Å². The van der Waals surface area contributed by atoms with E-state index in [1.54, 1.807) is 18.4 Å². The summed E-state index contributed by atoms with van der Waals surface area (Å²) < 4.78 is 6.83. The molecule has 2 amide bonds. The first-order valence-corrected chi connectivity index (χ1v) is 9.53. The molecule has 7 nitrogen and oxygen atoms in total. The maximum absolute atomic E-state index is 12.5. The van der Waals surface area contributed by atoms with Gasteiger partial charge in [-0.2, -0.15) is 4.57 Å². The highest BCUT2D eigenvalue weighted by Crippen LogP contribution is 2.33. The molecule has 8 heteroatoms. The van der Waals surface area contributed by atoms with E-state index in [1.807, 2.05) is 24.5 Å². The second-order valence-electron chi connectivity index (χ2n) is 5.84. The molecule has 0 saturated carbocycles. The lowest BCUT2D eigenvalue weighted by molar-refractivity contribution is -0.684. The molecular formula is C19H24N3O4S+. The third-order valence-electron chi connectivity index (χ3n) is 4.01. The van der Waals surface area contributed by atoms with E-state index in [9.17, 15) is 14.4 Å². The monoisotopic (exact) mass is 390 g/mol. The highest BCUT2D eigenvalue weighted by molar-refractivity contribution is 7.18. The van der Waals surface area contributed by atoms with Crippen LogP contribution in [0.3, 0.4) is 0 Å². The van der Waals surface area contributed by atoms with Crippen molar-refractivity contribution in [1.82, 2.24) is 5.32 Å². The van der Waals surface area contributed by atoms with Crippen LogP contribution < -0.4 is 15.2 Å². The van der Waals surface area contributed by atoms with E-state index < -0.39 is 5.97 Å². The zero-order valence-electron chi connectivity index (χ0n) is 15.9. The number of pyridine rings is 1. The molecule has 0 saturated heterocycles. The Morgan fingerprint density at radius 3 is 2.41 bits per heavy atom. The molecule has 0 aliphatic rings. The number of carbonyl (C=O) groups excluding carboxylic acids is 3. The number of nitrogens with one attached hydrogen (secondary N) is 2. The largest absolute Gasteiger partial charge is 0.462 e. The van der Waals surface area contributed by atoms with Crippen molar-refractivity contribution >= 4 is 34.1 Å². The van der Waals surface area contributed by atoms with Crippen LogP contribution in [0.5, 0.6) is 0 Å². The fraction of sp³-hybridized carbons (Fsp3) is 0.368. The molecule has 0 aromatic carbocycles. The van der Waals surface area contributed by atoms with Crippen molar-refractivity contribution in [2.75, 3.05) is 19.0 Å². The van der Waals surface area contributed by atoms with Crippen LogP contribution in [0.4, 0.5) is 5.00 Å². The van der Waals surface area contributed by atoms with Gasteiger partial charge in [0, 0.05) is 19.2 Å². The molecule has 0 spiro atoms. The Morgan fingerprint density at radius 2 is 1.85 bits per heavy atom. The van der Waals surface area contributed by atoms with Gasteiger partial charge in [0.1, 0.15) is 5.00 Å². The third-order valence-corrected chi connectivity index (χ3v) is 5.21. The molecule has 2 rings (SSSR count). The first-order valence-electron chi connectivity index (χ1n) is 8.71. The number of aryl methyl sites for hydroxylation is 1. The standard InChI is InChI=1S/C19H23N3O4S/c1-5-13-7-9-22(10-8-13)11-14(23)21-18-15(19(25)26-6-2)12(3)16(27-18)17(24)20-4/h7-10H,5-6,11H2,1-4H3,(H-,20,21,23,24,25)/p+1. The summed E-state index contributed by atoms with van der Waals surface area (Å²) in [6.07, 6.45) is 4.59. The Morgan fingerprint density at radius 1 is 1.19 bits per heavy atom. The summed E-state index contributed by atoms with van der Waals surface area (Å²) >= 11 is 1.06. The summed E-state index contributed by atoms with van der Waals surface area (Å²) in [7, 11) is 1.51. The van der Waals surface area contributed by atoms with Crippen molar-refractivity contribution < 1.29 is 23.7 Å². The molecule has 0 fully saturated rings. The van der Waals surface area contributed by atoms with Gasteiger partial charge in [0.25, 0.3) is 11.8 Å². The minimum Gasteiger partial charge on any atom is -0.462 e. The number of thiophene rings is 1. The van der Waals surface area contributed by atoms with E-state index in [2.05, 4.69) is 17.6 Å². The molecule has 2 heterocycles. The fourth-order valence-electron chi connectivity index (χ4n) is 2.54. The normalized spacial score (nSPS) is 10.4. The number of hydrogen-bond donors (Lipinski definition) is 2. The van der Waals surface area contributed by atoms with Crippen LogP contribution in [-0.2, 0) is 22.5 Å². The van der Waals surface area contributed by atoms with Gasteiger partial charge >= 0.3 is 5.97 Å². The van der Waals surface area contributed by atoms with Gasteiger partial charge in [0.05, 0.1) is 17.0 Å². The summed E-state index contributed by atoms with van der Waals surface area (Å²) in [6.45, 7) is 5.73. The number of hydrogen-bond acceptors (Lipinski definition) is 5. The zero-order chi connectivity index (χ0) is 20.0. The number of carbonyl (C=O) groups is 3. The van der Waals surface area contributed by atoms with Crippen molar-refractivity contribution in [2.45, 2.75) is 33.7 Å². The lowest BCUT2D eigenvalue weighted by Gasteiger charge is -2.06. The molecule has 0 atom stereocenters. The van der Waals surface area contributed by atoms with Crippen LogP contribution in [0.1, 0.15) is 45.0 Å². The first-order chi connectivity index (χ1) is 12.9. The predicted molar refractivity (Wildman–Crippen MR) is 103 cm³/mol. The predicted octanol–water partition coefficient (Wildman–Crippen LogP) is 2.08. The highest BCUT2D eigenvalue weighted by atomic mass is 32.1. The maximum atomic E-state index is 12.5. The molecule has 2 aromatic heterocycles. The van der Waals surface area contributed by atoms with Gasteiger partial charge in [0.2, 0.25) is 6.54 Å². The molecule has 0 unspecified atom stereocenters. The average Bonchev–Trinajstić information content (AvgIpc) is 2.97. The number of ether oxygens (including phenoxy) is 1. The summed E-state index contributed by atoms with van der Waals surface area (Å²) in [5.41, 5.74) is 1.90. The van der Waals surface area contributed by atoms with Crippen LogP contribution in [0.25, 0.3) is 0 Å². The van der Waals surface area contributed by atoms with Crippen molar-refractivity contribution in [3.63, 3.8) is 0 Å². The van der Waals surface area contributed by atoms with Gasteiger partial charge in [0.15, 0.2) is 12.4 Å². The van der Waals surface area contributed by atoms with E-state index in [4.69, 9.17) is 4.74 Å². The molecule has 2 N–H and O–H groups in total. The third kappa shape index (κ3) is 4.91. The lowest BCUT2D eigenvalue weighted by atomic mass is 10.1. The van der Waals surface area contributed by atoms with E-state index in [-0.39, 0.29) is 30.5 Å². The zero-order valence-corrected chi connectivity index (χ0v) is 16.7. The lowest BCUT2D eigenvalue weighted by Crippen LogP contribution is -2.39. The van der Waals surface area contributed by atoms with Crippen molar-refractivity contribution in [3.05, 3.63) is 46.1 Å². The Bertz CT molecular complexity index is 843. The molecule has 0 aliphatic carbocycles. The molecule has 0 radical (unpaired) electrons. The smallest absolute Gasteiger partial charge is 0.341 e. The SMILES string of the molecule is CCOC(=O)c1c(NC(=O)C[n+]2ccc(CC)cc2)sc(C(=O)NC)c1C. The summed E-state index contributed by atoms with van der Waals surface area (Å²) in [6, 6.07) is 3.91. The van der Waals surface area contributed by atoms with Gasteiger partial charge in [-0.25, -0.2) is 4.79 Å². The number of aromatic nitrogens is 1. The summed E-state index contributed by atoms with van der Waals surface area (Å²) in [5.74, 6) is -1.16. The van der Waals surface area contributed by atoms with Crippen LogP contribution in [-0.4, -0.2) is 31.4 Å². The number of amides is 2. The van der Waals surface area contributed by atoms with Crippen LogP contribution >= 0.6 is 11.3 Å². The Balaban J connectivity index is 2.25. The minimum atomic E-state index is -0.559. The summed E-state index contributed by atoms with van der Waals surface area (Å²) in [4.78, 5) is 37.2. The van der Waals surface area contributed by atoms with Crippen molar-refractivity contribution in [1.29, 1.82) is 0 Å². The van der Waals surface area contributed by atoms with Gasteiger partial charge in [-0.05, 0) is 31.4 Å². The fourth-order valence-corrected chi connectivity index (χ4v) is 3.70. The van der Waals surface area contributed by atoms with E-state index in [0.717, 1.165) is 17.8 Å². The number of anilines is 1. The Kier molecular flexibility index (Phi) is 7.06. The quantitative estimate of drug-likeness (QED) is 0.560. The highest BCUT2D eigenvalue weighted by Gasteiger charge is 2.26. The summed E-state index contributed by atoms with van der Waals surface area (Å²) in [5, 5.41) is 5.60. The van der Waals surface area contributed by atoms with Crippen LogP contribution in [0.2, 0.25) is 0 Å². The molecule has 27 heavy (non-hydrogen) atoms. The average molecular weight is 390 g/mol. The number of nitrogens with zero attached hydrogens (tertiary/aromatic N) is 1. The number of esters is 1. The second-order valence-corrected chi connectivity index (χ2v) is 6.86.